The van der Waals surface area contributed by atoms with Gasteiger partial charge in [0.25, 0.3) is 11.0 Å². The maximum absolute atomic E-state index is 13.9. The van der Waals surface area contributed by atoms with Crippen LogP contribution >= 0.6 is 7.37 Å². The highest BCUT2D eigenvalue weighted by Gasteiger charge is 2.45. The van der Waals surface area contributed by atoms with E-state index in [0.717, 1.165) is 11.1 Å². The van der Waals surface area contributed by atoms with Gasteiger partial charge in [-0.05, 0) is 70.7 Å². The molecule has 1 atom stereocenters. The van der Waals surface area contributed by atoms with Crippen molar-refractivity contribution in [1.82, 2.24) is 0 Å². The molecule has 156 valence electrons. The first-order chi connectivity index (χ1) is 13.4. The Bertz CT molecular complexity index is 900. The summed E-state index contributed by atoms with van der Waals surface area (Å²) in [5.41, 5.74) is 3.31. The van der Waals surface area contributed by atoms with Crippen molar-refractivity contribution in [2.75, 3.05) is 6.61 Å². The molecule has 0 aliphatic carbocycles. The van der Waals surface area contributed by atoms with Gasteiger partial charge in [0.05, 0.1) is 12.7 Å². The number of hydrogen-bond donors (Lipinski definition) is 1. The number of aliphatic hydroxyl groups excluding tert-OH is 1. The van der Waals surface area contributed by atoms with Crippen molar-refractivity contribution < 1.29 is 23.8 Å². The van der Waals surface area contributed by atoms with Gasteiger partial charge in [0.2, 0.25) is 0 Å². The summed E-state index contributed by atoms with van der Waals surface area (Å²) in [4.78, 5) is 26.9. The van der Waals surface area contributed by atoms with E-state index in [9.17, 15) is 19.3 Å². The van der Waals surface area contributed by atoms with Gasteiger partial charge in [-0.1, -0.05) is 35.4 Å². The summed E-state index contributed by atoms with van der Waals surface area (Å²) in [6, 6.07) is 7.25. The Kier molecular flexibility index (Phi) is 7.00. The Balaban J connectivity index is 2.68. The van der Waals surface area contributed by atoms with Crippen molar-refractivity contribution in [3.63, 3.8) is 0 Å². The smallest absolute Gasteiger partial charge is 0.340 e. The van der Waals surface area contributed by atoms with E-state index in [-0.39, 0.29) is 17.7 Å². The Morgan fingerprint density at radius 2 is 1.14 bits per heavy atom. The Morgan fingerprint density at radius 1 is 0.828 bits per heavy atom. The predicted molar refractivity (Wildman–Crippen MR) is 115 cm³/mol. The van der Waals surface area contributed by atoms with Crippen molar-refractivity contribution in [3.05, 3.63) is 68.8 Å². The minimum Gasteiger partial charge on any atom is -0.391 e. The van der Waals surface area contributed by atoms with Gasteiger partial charge < -0.3 is 9.63 Å². The topological polar surface area (TPSA) is 80.7 Å². The average molecular weight is 416 g/mol. The first-order valence-corrected chi connectivity index (χ1v) is 11.2. The molecule has 0 aliphatic heterocycles. The third kappa shape index (κ3) is 4.75. The van der Waals surface area contributed by atoms with Crippen molar-refractivity contribution >= 4 is 18.4 Å². The summed E-state index contributed by atoms with van der Waals surface area (Å²) < 4.78 is 19.3. The third-order valence-electron chi connectivity index (χ3n) is 4.81. The molecule has 0 saturated carbocycles. The zero-order valence-corrected chi connectivity index (χ0v) is 19.0. The Hall–Kier alpha value is -2.07. The highest BCUT2D eigenvalue weighted by atomic mass is 31.2. The first kappa shape index (κ1) is 23.2. The number of aliphatic hydroxyl groups is 1. The molecule has 0 spiro atoms. The van der Waals surface area contributed by atoms with Crippen LogP contribution in [-0.4, -0.2) is 28.9 Å². The van der Waals surface area contributed by atoms with Crippen LogP contribution in [0.3, 0.4) is 0 Å². The van der Waals surface area contributed by atoms with E-state index in [0.29, 0.717) is 22.3 Å². The van der Waals surface area contributed by atoms with Crippen molar-refractivity contribution in [2.45, 2.75) is 54.6 Å². The summed E-state index contributed by atoms with van der Waals surface area (Å²) >= 11 is 0. The SMILES string of the molecule is Cc1cc(C)c(C(=O)P(=O)(OC[C@H](C)O)C(=O)c2c(C)cc(C)cc2C)c(C)c1. The molecule has 0 heterocycles. The summed E-state index contributed by atoms with van der Waals surface area (Å²) in [5.74, 6) is 0. The number of benzene rings is 2. The first-order valence-electron chi connectivity index (χ1n) is 9.56. The van der Waals surface area contributed by atoms with Crippen LogP contribution in [0.5, 0.6) is 0 Å². The number of carbonyl (C=O) groups is 2. The van der Waals surface area contributed by atoms with E-state index in [1.807, 2.05) is 38.1 Å². The summed E-state index contributed by atoms with van der Waals surface area (Å²) in [6.45, 7) is 11.9. The molecule has 0 saturated heterocycles. The molecule has 0 unspecified atom stereocenters. The van der Waals surface area contributed by atoms with E-state index in [1.54, 1.807) is 27.7 Å². The minimum absolute atomic E-state index is 0.236. The molecule has 2 rings (SSSR count). The van der Waals surface area contributed by atoms with Crippen LogP contribution in [0, 0.1) is 41.5 Å². The summed E-state index contributed by atoms with van der Waals surface area (Å²) in [7, 11) is -4.47. The van der Waals surface area contributed by atoms with E-state index < -0.39 is 24.5 Å². The summed E-state index contributed by atoms with van der Waals surface area (Å²) in [5, 5.41) is 9.64. The van der Waals surface area contributed by atoms with Gasteiger partial charge in [0.1, 0.15) is 0 Å². The third-order valence-corrected chi connectivity index (χ3v) is 6.84. The Labute approximate surface area is 172 Å². The van der Waals surface area contributed by atoms with Gasteiger partial charge in [-0.3, -0.25) is 14.2 Å². The molecule has 0 aromatic heterocycles. The normalized spacial score (nSPS) is 12.7. The second kappa shape index (κ2) is 8.74. The maximum atomic E-state index is 13.9. The molecule has 1 N–H and O–H groups in total. The fourth-order valence-electron chi connectivity index (χ4n) is 3.75. The molecule has 29 heavy (non-hydrogen) atoms. The molecule has 6 heteroatoms. The largest absolute Gasteiger partial charge is 0.391 e. The van der Waals surface area contributed by atoms with Gasteiger partial charge in [-0.25, -0.2) is 0 Å². The van der Waals surface area contributed by atoms with Gasteiger partial charge in [0, 0.05) is 11.1 Å². The van der Waals surface area contributed by atoms with Crippen LogP contribution in [0.25, 0.3) is 0 Å². The fourth-order valence-corrected chi connectivity index (χ4v) is 5.89. The molecule has 0 radical (unpaired) electrons. The second-order valence-corrected chi connectivity index (χ2v) is 10.0. The second-order valence-electron chi connectivity index (χ2n) is 7.85. The molecular formula is C23H29O5P. The molecule has 0 bridgehead atoms. The number of rotatable bonds is 7. The lowest BCUT2D eigenvalue weighted by molar-refractivity contribution is 0.0935. The van der Waals surface area contributed by atoms with E-state index >= 15 is 0 Å². The van der Waals surface area contributed by atoms with Crippen molar-refractivity contribution in [2.24, 2.45) is 0 Å². The lowest BCUT2D eigenvalue weighted by Gasteiger charge is -2.21. The van der Waals surface area contributed by atoms with Gasteiger partial charge in [0.15, 0.2) is 0 Å². The fraction of sp³-hybridized carbons (Fsp3) is 0.391. The van der Waals surface area contributed by atoms with Crippen LogP contribution in [0.15, 0.2) is 24.3 Å². The van der Waals surface area contributed by atoms with E-state index in [1.165, 1.54) is 6.92 Å². The Morgan fingerprint density at radius 3 is 1.41 bits per heavy atom. The predicted octanol–water partition coefficient (Wildman–Crippen LogP) is 5.19. The van der Waals surface area contributed by atoms with Gasteiger partial charge >= 0.3 is 7.37 Å². The highest BCUT2D eigenvalue weighted by Crippen LogP contribution is 2.54. The van der Waals surface area contributed by atoms with E-state index in [4.69, 9.17) is 4.52 Å². The zero-order chi connectivity index (χ0) is 22.1. The molecular weight excluding hydrogens is 387 g/mol. The van der Waals surface area contributed by atoms with Crippen molar-refractivity contribution in [1.29, 1.82) is 0 Å². The van der Waals surface area contributed by atoms with Crippen LogP contribution in [0.2, 0.25) is 0 Å². The standard InChI is InChI=1S/C23H29O5P/c1-13-8-15(3)20(16(4)9-13)22(25)29(27,28-12-19(7)24)23(26)21-17(5)10-14(2)11-18(21)6/h8-11,19,24H,12H2,1-7H3/t19-/m0/s1. The maximum Gasteiger partial charge on any atom is 0.340 e. The van der Waals surface area contributed by atoms with Crippen LogP contribution in [0.1, 0.15) is 61.0 Å². The highest BCUT2D eigenvalue weighted by molar-refractivity contribution is 7.91. The molecule has 2 aromatic carbocycles. The number of hydrogen-bond acceptors (Lipinski definition) is 5. The quantitative estimate of drug-likeness (QED) is 0.628. The average Bonchev–Trinajstić information content (AvgIpc) is 2.57. The molecule has 5 nitrogen and oxygen atoms in total. The monoisotopic (exact) mass is 416 g/mol. The lowest BCUT2D eigenvalue weighted by Crippen LogP contribution is -2.20. The van der Waals surface area contributed by atoms with Gasteiger partial charge in [-0.2, -0.15) is 0 Å². The molecule has 0 amide bonds. The van der Waals surface area contributed by atoms with Crippen LogP contribution in [0.4, 0.5) is 0 Å². The van der Waals surface area contributed by atoms with Gasteiger partial charge in [-0.15, -0.1) is 0 Å². The number of aryl methyl sites for hydroxylation is 6. The number of carbonyl (C=O) groups excluding carboxylic acids is 2. The molecule has 2 aromatic rings. The van der Waals surface area contributed by atoms with E-state index in [2.05, 4.69) is 0 Å². The van der Waals surface area contributed by atoms with Crippen molar-refractivity contribution in [3.8, 4) is 0 Å². The van der Waals surface area contributed by atoms with Crippen LogP contribution in [-0.2, 0) is 9.09 Å². The molecule has 0 aliphatic rings. The summed E-state index contributed by atoms with van der Waals surface area (Å²) in [6.07, 6.45) is -0.968. The molecule has 0 fully saturated rings. The lowest BCUT2D eigenvalue weighted by atomic mass is 10.0. The minimum atomic E-state index is -4.47. The van der Waals surface area contributed by atoms with Crippen LogP contribution < -0.4 is 0 Å². The zero-order valence-electron chi connectivity index (χ0n) is 18.1.